The molecule has 1 fully saturated rings. The third kappa shape index (κ3) is 2.99. The first-order valence-electron chi connectivity index (χ1n) is 8.23. The normalized spacial score (nSPS) is 19.6. The summed E-state index contributed by atoms with van der Waals surface area (Å²) in [7, 11) is 0. The van der Waals surface area contributed by atoms with Crippen LogP contribution in [0.15, 0.2) is 42.5 Å². The molecule has 0 aromatic heterocycles. The number of carbonyl (C=O) groups excluding carboxylic acids is 3. The Bertz CT molecular complexity index is 925. The maximum absolute atomic E-state index is 12.9. The maximum Gasteiger partial charge on any atom is 0.325 e. The van der Waals surface area contributed by atoms with Crippen LogP contribution in [0, 0.1) is 13.8 Å². The molecule has 2 aromatic carbocycles. The number of benzene rings is 2. The molecule has 0 spiro atoms. The van der Waals surface area contributed by atoms with Crippen molar-refractivity contribution >= 4 is 29.3 Å². The molecule has 5 nitrogen and oxygen atoms in total. The average Bonchev–Trinajstić information content (AvgIpc) is 2.81. The predicted molar refractivity (Wildman–Crippen MR) is 99.3 cm³/mol. The van der Waals surface area contributed by atoms with E-state index in [9.17, 15) is 14.4 Å². The summed E-state index contributed by atoms with van der Waals surface area (Å²) in [5.41, 5.74) is 1.47. The van der Waals surface area contributed by atoms with E-state index in [1.165, 1.54) is 0 Å². The second kappa shape index (κ2) is 6.57. The van der Waals surface area contributed by atoms with Gasteiger partial charge >= 0.3 is 6.03 Å². The van der Waals surface area contributed by atoms with E-state index < -0.39 is 17.5 Å². The number of halogens is 1. The van der Waals surface area contributed by atoms with E-state index in [0.29, 0.717) is 16.1 Å². The number of amides is 3. The van der Waals surface area contributed by atoms with Crippen molar-refractivity contribution in [2.45, 2.75) is 26.3 Å². The van der Waals surface area contributed by atoms with E-state index in [2.05, 4.69) is 5.32 Å². The third-order valence-corrected chi connectivity index (χ3v) is 5.01. The van der Waals surface area contributed by atoms with Crippen molar-refractivity contribution in [2.75, 3.05) is 6.54 Å². The number of urea groups is 1. The van der Waals surface area contributed by atoms with Crippen LogP contribution in [0.4, 0.5) is 4.79 Å². The Morgan fingerprint density at radius 2 is 1.85 bits per heavy atom. The molecular formula is C20H19ClN2O3. The summed E-state index contributed by atoms with van der Waals surface area (Å²) in [6.07, 6.45) is 0. The number of rotatable bonds is 4. The highest BCUT2D eigenvalue weighted by molar-refractivity contribution is 6.32. The van der Waals surface area contributed by atoms with Crippen LogP contribution in [-0.4, -0.2) is 29.2 Å². The van der Waals surface area contributed by atoms with E-state index in [-0.39, 0.29) is 12.3 Å². The minimum Gasteiger partial charge on any atom is -0.319 e. The number of ketones is 1. The Hall–Kier alpha value is -2.66. The van der Waals surface area contributed by atoms with Gasteiger partial charge in [-0.25, -0.2) is 4.79 Å². The van der Waals surface area contributed by atoms with Gasteiger partial charge in [-0.2, -0.15) is 0 Å². The molecule has 134 valence electrons. The molecule has 6 heteroatoms. The van der Waals surface area contributed by atoms with Crippen LogP contribution in [0.3, 0.4) is 0 Å². The zero-order chi connectivity index (χ0) is 19.1. The number of aryl methyl sites for hydroxylation is 2. The maximum atomic E-state index is 12.9. The molecule has 1 heterocycles. The van der Waals surface area contributed by atoms with Crippen molar-refractivity contribution in [3.8, 4) is 0 Å². The quantitative estimate of drug-likeness (QED) is 0.660. The van der Waals surface area contributed by atoms with Gasteiger partial charge in [-0.1, -0.05) is 47.5 Å². The Morgan fingerprint density at radius 1 is 1.15 bits per heavy atom. The van der Waals surface area contributed by atoms with Crippen molar-refractivity contribution < 1.29 is 14.4 Å². The summed E-state index contributed by atoms with van der Waals surface area (Å²) in [5, 5.41) is 3.05. The third-order valence-electron chi connectivity index (χ3n) is 4.68. The molecule has 1 saturated heterocycles. The Labute approximate surface area is 156 Å². The zero-order valence-electron chi connectivity index (χ0n) is 14.8. The van der Waals surface area contributed by atoms with Gasteiger partial charge in [0.15, 0.2) is 5.78 Å². The van der Waals surface area contributed by atoms with Crippen molar-refractivity contribution in [3.63, 3.8) is 0 Å². The number of imide groups is 1. The lowest BCUT2D eigenvalue weighted by atomic mass is 9.92. The summed E-state index contributed by atoms with van der Waals surface area (Å²) >= 11 is 6.21. The largest absolute Gasteiger partial charge is 0.325 e. The highest BCUT2D eigenvalue weighted by Gasteiger charge is 2.50. The summed E-state index contributed by atoms with van der Waals surface area (Å²) in [4.78, 5) is 39.0. The van der Waals surface area contributed by atoms with E-state index in [1.807, 2.05) is 26.0 Å². The van der Waals surface area contributed by atoms with Crippen molar-refractivity contribution in [1.29, 1.82) is 0 Å². The summed E-state index contributed by atoms with van der Waals surface area (Å²) in [5.74, 6) is -0.771. The number of carbonyl (C=O) groups is 3. The number of nitrogens with one attached hydrogen (secondary N) is 1. The molecule has 2 aromatic rings. The van der Waals surface area contributed by atoms with Crippen molar-refractivity contribution in [2.24, 2.45) is 0 Å². The molecule has 3 amide bonds. The van der Waals surface area contributed by atoms with E-state index in [1.54, 1.807) is 37.3 Å². The molecule has 1 atom stereocenters. The Kier molecular flexibility index (Phi) is 4.59. The first kappa shape index (κ1) is 18.1. The lowest BCUT2D eigenvalue weighted by Gasteiger charge is -2.23. The summed E-state index contributed by atoms with van der Waals surface area (Å²) in [6.45, 7) is 5.00. The molecule has 0 bridgehead atoms. The fourth-order valence-corrected chi connectivity index (χ4v) is 3.48. The predicted octanol–water partition coefficient (Wildman–Crippen LogP) is 3.61. The van der Waals surface area contributed by atoms with Crippen LogP contribution in [0.5, 0.6) is 0 Å². The molecule has 1 N–H and O–H groups in total. The second-order valence-corrected chi connectivity index (χ2v) is 7.08. The van der Waals surface area contributed by atoms with Crippen molar-refractivity contribution in [1.82, 2.24) is 10.2 Å². The number of Topliss-reactive ketones (excluding diaryl/α,β-unsaturated/α-hetero) is 1. The van der Waals surface area contributed by atoms with Crippen LogP contribution in [-0.2, 0) is 10.3 Å². The lowest BCUT2D eigenvalue weighted by molar-refractivity contribution is -0.130. The van der Waals surface area contributed by atoms with E-state index in [4.69, 9.17) is 11.6 Å². The number of hydrogen-bond donors (Lipinski definition) is 1. The molecule has 26 heavy (non-hydrogen) atoms. The molecular weight excluding hydrogens is 352 g/mol. The van der Waals surface area contributed by atoms with Crippen LogP contribution in [0.1, 0.15) is 34.0 Å². The van der Waals surface area contributed by atoms with Gasteiger partial charge < -0.3 is 5.32 Å². The standard InChI is InChI=1S/C20H19ClN2O3/c1-12-8-9-13(2)14(10-12)17(24)11-23-18(25)20(3,22-19(23)26)15-6-4-5-7-16(15)21/h4-10H,11H2,1-3H3,(H,22,26)/t20-/m0/s1. The molecule has 0 unspecified atom stereocenters. The first-order chi connectivity index (χ1) is 12.2. The SMILES string of the molecule is Cc1ccc(C)c(C(=O)CN2C(=O)N[C@@](C)(c3ccccc3Cl)C2=O)c1. The second-order valence-electron chi connectivity index (χ2n) is 6.67. The van der Waals surface area contributed by atoms with Gasteiger partial charge in [0.1, 0.15) is 5.54 Å². The number of nitrogens with zero attached hydrogens (tertiary/aromatic N) is 1. The van der Waals surface area contributed by atoms with Gasteiger partial charge in [-0.15, -0.1) is 0 Å². The van der Waals surface area contributed by atoms with E-state index in [0.717, 1.165) is 16.0 Å². The number of hydrogen-bond acceptors (Lipinski definition) is 3. The fraction of sp³-hybridized carbons (Fsp3) is 0.250. The molecule has 0 radical (unpaired) electrons. The van der Waals surface area contributed by atoms with Crippen LogP contribution < -0.4 is 5.32 Å². The smallest absolute Gasteiger partial charge is 0.319 e. The summed E-state index contributed by atoms with van der Waals surface area (Å²) < 4.78 is 0. The van der Waals surface area contributed by atoms with Gasteiger partial charge in [0.05, 0.1) is 6.54 Å². The lowest BCUT2D eigenvalue weighted by Crippen LogP contribution is -2.41. The molecule has 0 aliphatic carbocycles. The topological polar surface area (TPSA) is 66.5 Å². The first-order valence-corrected chi connectivity index (χ1v) is 8.61. The fourth-order valence-electron chi connectivity index (χ4n) is 3.15. The minimum absolute atomic E-state index is 0.280. The van der Waals surface area contributed by atoms with E-state index >= 15 is 0 Å². The van der Waals surface area contributed by atoms with Crippen molar-refractivity contribution in [3.05, 3.63) is 69.7 Å². The Balaban J connectivity index is 1.89. The van der Waals surface area contributed by atoms with Crippen LogP contribution in [0.2, 0.25) is 5.02 Å². The zero-order valence-corrected chi connectivity index (χ0v) is 15.6. The molecule has 0 saturated carbocycles. The van der Waals surface area contributed by atoms with Crippen LogP contribution >= 0.6 is 11.6 Å². The van der Waals surface area contributed by atoms with Gasteiger partial charge in [-0.05, 0) is 38.5 Å². The van der Waals surface area contributed by atoms with Crippen LogP contribution in [0.25, 0.3) is 0 Å². The molecule has 1 aliphatic rings. The molecule has 1 aliphatic heterocycles. The van der Waals surface area contributed by atoms with Gasteiger partial charge in [-0.3, -0.25) is 14.5 Å². The van der Waals surface area contributed by atoms with Gasteiger partial charge in [0.2, 0.25) is 0 Å². The van der Waals surface area contributed by atoms with Gasteiger partial charge in [0, 0.05) is 16.1 Å². The van der Waals surface area contributed by atoms with Gasteiger partial charge in [0.25, 0.3) is 5.91 Å². The minimum atomic E-state index is -1.29. The molecule has 3 rings (SSSR count). The average molecular weight is 371 g/mol. The summed E-state index contributed by atoms with van der Waals surface area (Å²) in [6, 6.07) is 11.8. The highest BCUT2D eigenvalue weighted by Crippen LogP contribution is 2.33. The monoisotopic (exact) mass is 370 g/mol. The Morgan fingerprint density at radius 3 is 2.54 bits per heavy atom. The highest BCUT2D eigenvalue weighted by atomic mass is 35.5.